The Morgan fingerprint density at radius 1 is 1.33 bits per heavy atom. The van der Waals surface area contributed by atoms with E-state index in [0.717, 1.165) is 16.8 Å². The molecule has 0 aliphatic rings. The van der Waals surface area contributed by atoms with Crippen LogP contribution in [0.15, 0.2) is 9.95 Å². The van der Waals surface area contributed by atoms with Gasteiger partial charge in [-0.2, -0.15) is 0 Å². The molecule has 0 spiro atoms. The molecule has 10 heteroatoms. The molecule has 112 valence electrons. The third kappa shape index (κ3) is 4.08. The Labute approximate surface area is 128 Å². The maximum absolute atomic E-state index is 12.2. The molecule has 0 saturated carbocycles. The molecular weight excluding hydrogens is 312 g/mol. The van der Waals surface area contributed by atoms with Crippen LogP contribution in [0.4, 0.5) is 5.13 Å². The fraction of sp³-hybridized carbons (Fsp3) is 0.455. The molecule has 21 heavy (non-hydrogen) atoms. The number of aromatic amines is 1. The fourth-order valence-corrected chi connectivity index (χ4v) is 2.86. The largest absolute Gasteiger partial charge is 0.300 e. The lowest BCUT2D eigenvalue weighted by Crippen LogP contribution is -2.25. The normalized spacial score (nSPS) is 12.1. The van der Waals surface area contributed by atoms with Crippen LogP contribution in [-0.2, 0) is 4.79 Å². The van der Waals surface area contributed by atoms with Gasteiger partial charge in [-0.25, -0.2) is 0 Å². The molecule has 2 heterocycles. The number of hydrogen-bond donors (Lipinski definition) is 2. The molecule has 0 fully saturated rings. The number of hydrogen-bond acceptors (Lipinski definition) is 8. The molecule has 2 rings (SSSR count). The number of amides is 1. The van der Waals surface area contributed by atoms with Crippen LogP contribution in [0.2, 0.25) is 0 Å². The van der Waals surface area contributed by atoms with E-state index in [1.165, 1.54) is 11.3 Å². The highest BCUT2D eigenvalue weighted by molar-refractivity contribution is 8.00. The van der Waals surface area contributed by atoms with Gasteiger partial charge in [-0.1, -0.05) is 30.0 Å². The molecule has 8 nitrogen and oxygen atoms in total. The van der Waals surface area contributed by atoms with E-state index in [-0.39, 0.29) is 11.5 Å². The smallest absolute Gasteiger partial charge is 0.273 e. The van der Waals surface area contributed by atoms with Crippen LogP contribution in [0.3, 0.4) is 0 Å². The topological polar surface area (TPSA) is 114 Å². The van der Waals surface area contributed by atoms with Crippen LogP contribution in [0.25, 0.3) is 0 Å². The lowest BCUT2D eigenvalue weighted by atomic mass is 10.3. The van der Waals surface area contributed by atoms with Crippen LogP contribution in [0.1, 0.15) is 24.0 Å². The molecule has 1 atom stereocenters. The lowest BCUT2D eigenvalue weighted by Gasteiger charge is -2.11. The van der Waals surface area contributed by atoms with Gasteiger partial charge in [0.2, 0.25) is 11.0 Å². The molecule has 0 aliphatic heterocycles. The zero-order chi connectivity index (χ0) is 15.4. The first-order valence-corrected chi connectivity index (χ1v) is 7.90. The van der Waals surface area contributed by atoms with Gasteiger partial charge < -0.3 is 0 Å². The predicted octanol–water partition coefficient (Wildman–Crippen LogP) is 1.14. The Morgan fingerprint density at radius 2 is 2.10 bits per heavy atom. The maximum atomic E-state index is 12.2. The number of anilines is 1. The second-order valence-electron chi connectivity index (χ2n) is 4.17. The number of carbonyl (C=O) groups is 1. The van der Waals surface area contributed by atoms with Crippen LogP contribution in [0.5, 0.6) is 0 Å². The van der Waals surface area contributed by atoms with Gasteiger partial charge in [0.05, 0.1) is 5.25 Å². The zero-order valence-corrected chi connectivity index (χ0v) is 13.3. The van der Waals surface area contributed by atoms with Crippen LogP contribution in [-0.4, -0.2) is 36.5 Å². The van der Waals surface area contributed by atoms with Gasteiger partial charge in [-0.3, -0.25) is 19.9 Å². The van der Waals surface area contributed by atoms with Crippen molar-refractivity contribution < 1.29 is 4.79 Å². The van der Waals surface area contributed by atoms with E-state index in [2.05, 4.69) is 30.7 Å². The summed E-state index contributed by atoms with van der Waals surface area (Å²) in [6.07, 6.45) is 0.575. The number of rotatable bonds is 5. The highest BCUT2D eigenvalue weighted by Crippen LogP contribution is 2.23. The minimum Gasteiger partial charge on any atom is -0.300 e. The number of aryl methyl sites for hydroxylation is 2. The fourth-order valence-electron chi connectivity index (χ4n) is 1.42. The quantitative estimate of drug-likeness (QED) is 0.792. The molecule has 2 aromatic heterocycles. The molecule has 0 aliphatic carbocycles. The number of aromatic nitrogens is 5. The van der Waals surface area contributed by atoms with E-state index in [1.807, 2.05) is 13.8 Å². The van der Waals surface area contributed by atoms with Crippen LogP contribution in [0, 0.1) is 13.8 Å². The van der Waals surface area contributed by atoms with Crippen molar-refractivity contribution in [1.29, 1.82) is 0 Å². The number of H-pyrrole nitrogens is 1. The third-order valence-corrected chi connectivity index (χ3v) is 4.51. The Hall–Kier alpha value is -1.81. The monoisotopic (exact) mass is 326 g/mol. The maximum Gasteiger partial charge on any atom is 0.273 e. The standard InChI is InChI=1S/C11H14N6O2S2/c1-4-7(9(19)13-10-17-15-6(3)20-10)21-11-12-8(18)5(2)14-16-11/h7H,4H2,1-3H3,(H,12,16,18)(H,13,17,19). The Morgan fingerprint density at radius 3 is 2.67 bits per heavy atom. The first-order chi connectivity index (χ1) is 9.99. The molecule has 1 amide bonds. The minimum atomic E-state index is -0.401. The summed E-state index contributed by atoms with van der Waals surface area (Å²) in [5, 5.41) is 19.2. The number of nitrogens with one attached hydrogen (secondary N) is 2. The molecule has 0 aromatic carbocycles. The van der Waals surface area contributed by atoms with Crippen molar-refractivity contribution in [3.63, 3.8) is 0 Å². The van der Waals surface area contributed by atoms with E-state index >= 15 is 0 Å². The highest BCUT2D eigenvalue weighted by atomic mass is 32.2. The van der Waals surface area contributed by atoms with Crippen LogP contribution < -0.4 is 10.9 Å². The van der Waals surface area contributed by atoms with Crippen molar-refractivity contribution in [2.24, 2.45) is 0 Å². The van der Waals surface area contributed by atoms with E-state index in [0.29, 0.717) is 22.4 Å². The first kappa shape index (κ1) is 15.6. The van der Waals surface area contributed by atoms with Gasteiger partial charge >= 0.3 is 0 Å². The van der Waals surface area contributed by atoms with Gasteiger partial charge in [0.25, 0.3) is 5.56 Å². The number of nitrogens with zero attached hydrogens (tertiary/aromatic N) is 4. The Balaban J connectivity index is 2.06. The van der Waals surface area contributed by atoms with Crippen molar-refractivity contribution in [2.75, 3.05) is 5.32 Å². The summed E-state index contributed by atoms with van der Waals surface area (Å²) in [6, 6.07) is 0. The molecule has 0 bridgehead atoms. The summed E-state index contributed by atoms with van der Waals surface area (Å²) in [5.41, 5.74) is -0.0105. The van der Waals surface area contributed by atoms with E-state index in [4.69, 9.17) is 0 Å². The van der Waals surface area contributed by atoms with Crippen molar-refractivity contribution in [3.05, 3.63) is 21.1 Å². The van der Waals surface area contributed by atoms with Crippen molar-refractivity contribution in [3.8, 4) is 0 Å². The van der Waals surface area contributed by atoms with Crippen molar-refractivity contribution in [2.45, 2.75) is 37.6 Å². The summed E-state index contributed by atoms with van der Waals surface area (Å²) >= 11 is 2.47. The van der Waals surface area contributed by atoms with E-state index in [9.17, 15) is 9.59 Å². The van der Waals surface area contributed by atoms with Gasteiger partial charge in [0.15, 0.2) is 5.16 Å². The summed E-state index contributed by atoms with van der Waals surface area (Å²) < 4.78 is 0. The second-order valence-corrected chi connectivity index (χ2v) is 6.55. The molecule has 1 unspecified atom stereocenters. The van der Waals surface area contributed by atoms with Crippen molar-refractivity contribution >= 4 is 34.1 Å². The zero-order valence-electron chi connectivity index (χ0n) is 11.7. The second kappa shape index (κ2) is 6.76. The molecule has 0 radical (unpaired) electrons. The average molecular weight is 326 g/mol. The average Bonchev–Trinajstić information content (AvgIpc) is 2.85. The molecular formula is C11H14N6O2S2. The summed E-state index contributed by atoms with van der Waals surface area (Å²) in [5.74, 6) is -0.207. The Kier molecular flexibility index (Phi) is 5.02. The van der Waals surface area contributed by atoms with Gasteiger partial charge in [-0.05, 0) is 20.3 Å². The van der Waals surface area contributed by atoms with Gasteiger partial charge in [-0.15, -0.1) is 20.4 Å². The highest BCUT2D eigenvalue weighted by Gasteiger charge is 2.20. The third-order valence-electron chi connectivity index (χ3n) is 2.51. The van der Waals surface area contributed by atoms with Crippen LogP contribution >= 0.6 is 23.1 Å². The molecule has 2 N–H and O–H groups in total. The van der Waals surface area contributed by atoms with E-state index in [1.54, 1.807) is 6.92 Å². The Bertz CT molecular complexity index is 698. The first-order valence-electron chi connectivity index (χ1n) is 6.20. The summed E-state index contributed by atoms with van der Waals surface area (Å²) in [4.78, 5) is 26.3. The lowest BCUT2D eigenvalue weighted by molar-refractivity contribution is -0.115. The number of thioether (sulfide) groups is 1. The predicted molar refractivity (Wildman–Crippen MR) is 80.6 cm³/mol. The molecule has 0 saturated heterocycles. The van der Waals surface area contributed by atoms with E-state index < -0.39 is 5.25 Å². The van der Waals surface area contributed by atoms with Crippen molar-refractivity contribution in [1.82, 2.24) is 25.4 Å². The SMILES string of the molecule is CCC(Sc1nnc(C)c(=O)[nH]1)C(=O)Nc1nnc(C)s1. The minimum absolute atomic E-state index is 0.207. The summed E-state index contributed by atoms with van der Waals surface area (Å²) in [7, 11) is 0. The van der Waals surface area contributed by atoms with Gasteiger partial charge in [0, 0.05) is 0 Å². The summed E-state index contributed by atoms with van der Waals surface area (Å²) in [6.45, 7) is 5.26. The molecule has 2 aromatic rings. The van der Waals surface area contributed by atoms with Gasteiger partial charge in [0.1, 0.15) is 10.7 Å². The number of carbonyl (C=O) groups excluding carboxylic acids is 1.